The monoisotopic (exact) mass is 396 g/mol. The van der Waals surface area contributed by atoms with Gasteiger partial charge in [-0.2, -0.15) is 0 Å². The van der Waals surface area contributed by atoms with Crippen LogP contribution in [-0.2, 0) is 11.5 Å². The van der Waals surface area contributed by atoms with Crippen molar-refractivity contribution in [2.45, 2.75) is 21.8 Å². The average Bonchev–Trinajstić information content (AvgIpc) is 3.33. The molecule has 4 rings (SSSR count). The highest BCUT2D eigenvalue weighted by molar-refractivity contribution is 7.99. The first-order chi connectivity index (χ1) is 13.3. The van der Waals surface area contributed by atoms with Crippen molar-refractivity contribution in [2.75, 3.05) is 5.84 Å². The molecule has 0 fully saturated rings. The molecule has 0 atom stereocenters. The standard InChI is InChI=1S/C18H16N6OS2/c19-24-17(26-11-13-7-3-1-4-8-13)22-23-18(24)27-12-15-20-21-16(25-15)14-9-5-2-6-10-14/h1-10H,11-12,19H2. The van der Waals surface area contributed by atoms with Crippen molar-refractivity contribution in [3.8, 4) is 11.5 Å². The summed E-state index contributed by atoms with van der Waals surface area (Å²) in [5.41, 5.74) is 2.10. The summed E-state index contributed by atoms with van der Waals surface area (Å²) in [7, 11) is 0. The molecule has 7 nitrogen and oxygen atoms in total. The minimum absolute atomic E-state index is 0.471. The van der Waals surface area contributed by atoms with E-state index < -0.39 is 0 Å². The average molecular weight is 397 g/mol. The first-order valence-corrected chi connectivity index (χ1v) is 10.1. The van der Waals surface area contributed by atoms with E-state index in [4.69, 9.17) is 10.3 Å². The van der Waals surface area contributed by atoms with Gasteiger partial charge in [-0.3, -0.25) is 0 Å². The van der Waals surface area contributed by atoms with Gasteiger partial charge in [0.2, 0.25) is 22.1 Å². The lowest BCUT2D eigenvalue weighted by atomic mass is 10.2. The van der Waals surface area contributed by atoms with Crippen LogP contribution in [-0.4, -0.2) is 25.1 Å². The Balaban J connectivity index is 1.36. The molecule has 9 heteroatoms. The fourth-order valence-electron chi connectivity index (χ4n) is 2.32. The third-order valence-electron chi connectivity index (χ3n) is 3.66. The summed E-state index contributed by atoms with van der Waals surface area (Å²) >= 11 is 2.95. The lowest BCUT2D eigenvalue weighted by Crippen LogP contribution is -2.11. The van der Waals surface area contributed by atoms with Crippen LogP contribution in [0.15, 0.2) is 75.4 Å². The third-order valence-corrected chi connectivity index (χ3v) is 5.60. The quantitative estimate of drug-likeness (QED) is 0.374. The van der Waals surface area contributed by atoms with Crippen LogP contribution < -0.4 is 5.84 Å². The second kappa shape index (κ2) is 8.28. The molecule has 0 saturated heterocycles. The van der Waals surface area contributed by atoms with Crippen molar-refractivity contribution in [3.63, 3.8) is 0 Å². The molecule has 2 aromatic heterocycles. The second-order valence-corrected chi connectivity index (χ2v) is 7.45. The Kier molecular flexibility index (Phi) is 5.40. The topological polar surface area (TPSA) is 95.7 Å². The number of rotatable bonds is 7. The smallest absolute Gasteiger partial charge is 0.247 e. The van der Waals surface area contributed by atoms with Gasteiger partial charge in [-0.25, -0.2) is 4.68 Å². The molecule has 0 radical (unpaired) electrons. The van der Waals surface area contributed by atoms with Gasteiger partial charge in [-0.1, -0.05) is 72.1 Å². The van der Waals surface area contributed by atoms with Crippen molar-refractivity contribution in [2.24, 2.45) is 0 Å². The Morgan fingerprint density at radius 3 is 2.11 bits per heavy atom. The minimum atomic E-state index is 0.471. The van der Waals surface area contributed by atoms with Gasteiger partial charge in [-0.05, 0) is 17.7 Å². The first kappa shape index (κ1) is 17.6. The third kappa shape index (κ3) is 4.32. The molecule has 27 heavy (non-hydrogen) atoms. The molecule has 0 unspecified atom stereocenters. The Bertz CT molecular complexity index is 1000. The minimum Gasteiger partial charge on any atom is -0.420 e. The highest BCUT2D eigenvalue weighted by Crippen LogP contribution is 2.26. The Morgan fingerprint density at radius 1 is 0.778 bits per heavy atom. The Labute approximate surface area is 164 Å². The number of nitrogens with two attached hydrogens (primary N) is 1. The van der Waals surface area contributed by atoms with Crippen LogP contribution in [0.4, 0.5) is 0 Å². The molecule has 0 aliphatic heterocycles. The van der Waals surface area contributed by atoms with Gasteiger partial charge in [0.1, 0.15) is 0 Å². The summed E-state index contributed by atoms with van der Waals surface area (Å²) < 4.78 is 7.19. The van der Waals surface area contributed by atoms with E-state index in [-0.39, 0.29) is 0 Å². The van der Waals surface area contributed by atoms with Gasteiger partial charge < -0.3 is 10.3 Å². The number of thioether (sulfide) groups is 2. The predicted octanol–water partition coefficient (Wildman–Crippen LogP) is 3.63. The Hall–Kier alpha value is -2.78. The maximum atomic E-state index is 6.11. The molecule has 0 amide bonds. The van der Waals surface area contributed by atoms with Gasteiger partial charge in [0.15, 0.2) is 0 Å². The van der Waals surface area contributed by atoms with Gasteiger partial charge in [0.25, 0.3) is 0 Å². The zero-order chi connectivity index (χ0) is 18.5. The number of nitrogens with zero attached hydrogens (tertiary/aromatic N) is 5. The summed E-state index contributed by atoms with van der Waals surface area (Å²) in [5, 5.41) is 17.7. The molecule has 4 aromatic rings. The van der Waals surface area contributed by atoms with Gasteiger partial charge in [0, 0.05) is 11.3 Å². The maximum absolute atomic E-state index is 6.11. The van der Waals surface area contributed by atoms with Crippen molar-refractivity contribution < 1.29 is 4.42 Å². The van der Waals surface area contributed by atoms with Gasteiger partial charge >= 0.3 is 0 Å². The fourth-order valence-corrected chi connectivity index (χ4v) is 3.88. The van der Waals surface area contributed by atoms with Crippen molar-refractivity contribution in [1.82, 2.24) is 25.1 Å². The number of benzene rings is 2. The lowest BCUT2D eigenvalue weighted by molar-refractivity contribution is 0.528. The highest BCUT2D eigenvalue weighted by Gasteiger charge is 2.14. The molecule has 0 aliphatic rings. The molecule has 0 aliphatic carbocycles. The Morgan fingerprint density at radius 2 is 1.41 bits per heavy atom. The van der Waals surface area contributed by atoms with Crippen LogP contribution in [0.25, 0.3) is 11.5 Å². The molecular formula is C18H16N6OS2. The van der Waals surface area contributed by atoms with E-state index in [9.17, 15) is 0 Å². The van der Waals surface area contributed by atoms with Crippen LogP contribution in [0.5, 0.6) is 0 Å². The predicted molar refractivity (Wildman–Crippen MR) is 105 cm³/mol. The van der Waals surface area contributed by atoms with Crippen LogP contribution >= 0.6 is 23.5 Å². The number of nitrogen functional groups attached to an aromatic ring is 1. The highest BCUT2D eigenvalue weighted by atomic mass is 32.2. The van der Waals surface area contributed by atoms with E-state index in [0.717, 1.165) is 11.3 Å². The zero-order valence-electron chi connectivity index (χ0n) is 14.2. The molecule has 0 spiro atoms. The summed E-state index contributed by atoms with van der Waals surface area (Å²) in [4.78, 5) is 0. The fraction of sp³-hybridized carbons (Fsp3) is 0.111. The molecule has 2 heterocycles. The van der Waals surface area contributed by atoms with E-state index in [1.807, 2.05) is 48.5 Å². The van der Waals surface area contributed by atoms with Crippen LogP contribution in [0.3, 0.4) is 0 Å². The number of hydrogen-bond acceptors (Lipinski definition) is 8. The van der Waals surface area contributed by atoms with Gasteiger partial charge in [-0.15, -0.1) is 20.4 Å². The largest absolute Gasteiger partial charge is 0.420 e. The van der Waals surface area contributed by atoms with Gasteiger partial charge in [0.05, 0.1) is 5.75 Å². The van der Waals surface area contributed by atoms with Crippen LogP contribution in [0, 0.1) is 0 Å². The summed E-state index contributed by atoms with van der Waals surface area (Å²) in [6.07, 6.45) is 0. The summed E-state index contributed by atoms with van der Waals surface area (Å²) in [5.74, 6) is 8.38. The van der Waals surface area contributed by atoms with E-state index in [1.54, 1.807) is 11.8 Å². The SMILES string of the molecule is Nn1c(SCc2ccccc2)nnc1SCc1nnc(-c2ccccc2)o1. The second-order valence-electron chi connectivity index (χ2n) is 5.57. The summed E-state index contributed by atoms with van der Waals surface area (Å²) in [6.45, 7) is 0. The van der Waals surface area contributed by atoms with E-state index in [2.05, 4.69) is 32.5 Å². The van der Waals surface area contributed by atoms with Crippen LogP contribution in [0.1, 0.15) is 11.5 Å². The first-order valence-electron chi connectivity index (χ1n) is 8.17. The van der Waals surface area contributed by atoms with Crippen molar-refractivity contribution in [3.05, 3.63) is 72.1 Å². The number of aromatic nitrogens is 5. The maximum Gasteiger partial charge on any atom is 0.247 e. The molecule has 0 saturated carbocycles. The van der Waals surface area contributed by atoms with E-state index >= 15 is 0 Å². The molecule has 2 N–H and O–H groups in total. The van der Waals surface area contributed by atoms with Crippen molar-refractivity contribution in [1.29, 1.82) is 0 Å². The number of hydrogen-bond donors (Lipinski definition) is 1. The molecule has 136 valence electrons. The summed E-state index contributed by atoms with van der Waals surface area (Å²) in [6, 6.07) is 19.8. The molecule has 2 aromatic carbocycles. The van der Waals surface area contributed by atoms with E-state index in [0.29, 0.717) is 27.8 Å². The van der Waals surface area contributed by atoms with Crippen molar-refractivity contribution >= 4 is 23.5 Å². The van der Waals surface area contributed by atoms with Crippen LogP contribution in [0.2, 0.25) is 0 Å². The normalized spacial score (nSPS) is 11.0. The lowest BCUT2D eigenvalue weighted by Gasteiger charge is -2.02. The van der Waals surface area contributed by atoms with E-state index in [1.165, 1.54) is 22.0 Å². The zero-order valence-corrected chi connectivity index (χ0v) is 15.9. The molecule has 0 bridgehead atoms. The molecular weight excluding hydrogens is 380 g/mol.